The Balaban J connectivity index is -0.0000000567. The quantitative estimate of drug-likeness (QED) is 0.0929. The Morgan fingerprint density at radius 1 is 0.475 bits per heavy atom. The minimum absolute atomic E-state index is 0.233. The van der Waals surface area contributed by atoms with Crippen LogP contribution in [0.2, 0.25) is 0 Å². The molecule has 6 N–H and O–H groups in total. The number of ether oxygens (including phenoxy) is 2. The van der Waals surface area contributed by atoms with Gasteiger partial charge in [-0.25, -0.2) is 0 Å². The Morgan fingerprint density at radius 3 is 0.949 bits per heavy atom. The fraction of sp³-hybridized carbons (Fsp3) is 1.00. The van der Waals surface area contributed by atoms with Gasteiger partial charge in [-0.1, -0.05) is 41.0 Å². The fourth-order valence-corrected chi connectivity index (χ4v) is 2.62. The zero-order chi connectivity index (χ0) is 48.9. The number of aliphatic hydroxyl groups excluding tert-OH is 2. The molecule has 0 atom stereocenters. The minimum atomic E-state index is 0.233. The number of hydrogen-bond donors (Lipinski definition) is 6. The number of nitrogens with one attached hydrogen (secondary N) is 4. The summed E-state index contributed by atoms with van der Waals surface area (Å²) in [6.45, 7) is 25.9. The van der Waals surface area contributed by atoms with Gasteiger partial charge in [0.05, 0.1) is 13.2 Å². The molecule has 0 rings (SSSR count). The van der Waals surface area contributed by atoms with Crippen LogP contribution in [0, 0.1) is 5.92 Å². The van der Waals surface area contributed by atoms with E-state index in [0.717, 1.165) is 58.2 Å². The molecule has 0 saturated heterocycles. The van der Waals surface area contributed by atoms with Crippen molar-refractivity contribution in [2.45, 2.75) is 86.6 Å². The van der Waals surface area contributed by atoms with E-state index in [9.17, 15) is 0 Å². The maximum Gasteiger partial charge on any atom is 0.0587 e. The third kappa shape index (κ3) is 218. The number of aliphatic hydroxyl groups is 2. The van der Waals surface area contributed by atoms with E-state index in [1.165, 1.54) is 38.9 Å². The maximum absolute atomic E-state index is 8.16. The molecular weight excluding hydrogens is 745 g/mol. The van der Waals surface area contributed by atoms with Crippen LogP contribution in [0.4, 0.5) is 0 Å². The van der Waals surface area contributed by atoms with E-state index in [1.807, 2.05) is 47.2 Å². The normalized spacial score (nSPS) is 9.76. The van der Waals surface area contributed by atoms with E-state index < -0.39 is 0 Å². The molecular formula is C45H120N10O4. The Bertz CT molecular complexity index is 528. The molecule has 0 spiro atoms. The summed E-state index contributed by atoms with van der Waals surface area (Å²) < 4.78 is 9.52. The summed E-state index contributed by atoms with van der Waals surface area (Å²) >= 11 is 0. The largest absolute Gasteiger partial charge is 0.396 e. The summed E-state index contributed by atoms with van der Waals surface area (Å²) in [6.07, 6.45) is 5.85. The van der Waals surface area contributed by atoms with Crippen molar-refractivity contribution < 1.29 is 19.7 Å². The summed E-state index contributed by atoms with van der Waals surface area (Å²) in [4.78, 5) is 12.9. The van der Waals surface area contributed by atoms with Crippen molar-refractivity contribution in [3.05, 3.63) is 0 Å². The molecule has 0 aromatic carbocycles. The lowest BCUT2D eigenvalue weighted by atomic mass is 10.2. The highest BCUT2D eigenvalue weighted by Crippen LogP contribution is 1.91. The lowest BCUT2D eigenvalue weighted by Gasteiger charge is -2.12. The molecule has 0 aliphatic carbocycles. The molecule has 0 fully saturated rings. The van der Waals surface area contributed by atoms with Crippen LogP contribution in [0.25, 0.3) is 0 Å². The van der Waals surface area contributed by atoms with Gasteiger partial charge in [0, 0.05) is 46.6 Å². The molecule has 59 heavy (non-hydrogen) atoms. The molecule has 0 heterocycles. The van der Waals surface area contributed by atoms with Gasteiger partial charge >= 0.3 is 0 Å². The van der Waals surface area contributed by atoms with Crippen LogP contribution in [-0.2, 0) is 9.47 Å². The van der Waals surface area contributed by atoms with Crippen LogP contribution in [0.15, 0.2) is 0 Å². The van der Waals surface area contributed by atoms with Gasteiger partial charge in [-0.2, -0.15) is 0 Å². The predicted octanol–water partition coefficient (Wildman–Crippen LogP) is 4.09. The fourth-order valence-electron chi connectivity index (χ4n) is 2.62. The summed E-state index contributed by atoms with van der Waals surface area (Å²) in [6, 6.07) is 0.685. The van der Waals surface area contributed by atoms with Gasteiger partial charge in [-0.05, 0) is 205 Å². The van der Waals surface area contributed by atoms with E-state index >= 15 is 0 Å². The molecule has 0 aromatic heterocycles. The molecule has 14 nitrogen and oxygen atoms in total. The highest BCUT2D eigenvalue weighted by Gasteiger charge is 1.92. The maximum atomic E-state index is 8.16. The molecule has 374 valence electrons. The van der Waals surface area contributed by atoms with E-state index in [0.29, 0.717) is 19.2 Å². The Morgan fingerprint density at radius 2 is 0.847 bits per heavy atom. The smallest absolute Gasteiger partial charge is 0.0587 e. The van der Waals surface area contributed by atoms with E-state index in [2.05, 4.69) is 165 Å². The highest BCUT2D eigenvalue weighted by atomic mass is 16.5. The highest BCUT2D eigenvalue weighted by molar-refractivity contribution is 4.47. The van der Waals surface area contributed by atoms with Gasteiger partial charge in [0.1, 0.15) is 0 Å². The molecule has 0 aliphatic rings. The summed E-state index contributed by atoms with van der Waals surface area (Å²) in [7, 11) is 37.8. The average molecular weight is 866 g/mol. The third-order valence-electron chi connectivity index (χ3n) is 6.30. The predicted molar refractivity (Wildman–Crippen MR) is 271 cm³/mol. The van der Waals surface area contributed by atoms with E-state index in [1.54, 1.807) is 21.3 Å². The minimum Gasteiger partial charge on any atom is -0.396 e. The van der Waals surface area contributed by atoms with Crippen LogP contribution in [-0.4, -0.2) is 258 Å². The first kappa shape index (κ1) is 82.2. The standard InChI is InChI=1S/2C6H15N.C5H13NO.2C5H13N.2C4H11NO.C4H11N.C3H9NO.C3H9N/c1-6(2)5-7(3)4;1-4-5-6-7(2)3;1-6-4-3-5-7-2;1-5(2)6(3)4;1-4-5-6(2)3;1-5-3-4-6-2;1-5-3-2-4-6;1-4-5(2)3;1-4-2-3-5;1-4(2)3/h6H,5H2,1-4H3;4-6H2,1-3H3;6H,3-5H2,1-2H3;5H,1-4H3;4-5H2,1-3H3;5H,3-4H2,1-2H3;5-6H,2-4H2,1H3;4H2,1-3H3;4-5H,2-3H2,1H3;1-3H3. The van der Waals surface area contributed by atoms with Crippen LogP contribution >= 0.6 is 0 Å². The topological polar surface area (TPSA) is 126 Å². The monoisotopic (exact) mass is 865 g/mol. The Kier molecular flexibility index (Phi) is 118. The SMILES string of the molecule is CC(C)CN(C)C.CC(C)N(C)C.CCCCN(C)C.CCCN(C)C.CCN(C)C.CN(C)C.CNCCCO.CNCCCOC.CNCCO.CNCCOC. The van der Waals surface area contributed by atoms with Crippen molar-refractivity contribution in [3.63, 3.8) is 0 Å². The molecule has 0 aromatic rings. The van der Waals surface area contributed by atoms with Crippen molar-refractivity contribution in [2.24, 2.45) is 5.92 Å². The molecule has 0 unspecified atom stereocenters. The average Bonchev–Trinajstić information content (AvgIpc) is 3.14. The molecule has 0 bridgehead atoms. The summed E-state index contributed by atoms with van der Waals surface area (Å²) in [5, 5.41) is 27.8. The Hall–Kier alpha value is -0.560. The summed E-state index contributed by atoms with van der Waals surface area (Å²) in [5.41, 5.74) is 0. The lowest BCUT2D eigenvalue weighted by Crippen LogP contribution is -2.20. The number of unbranched alkanes of at least 4 members (excludes halogenated alkanes) is 1. The van der Waals surface area contributed by atoms with Crippen molar-refractivity contribution in [1.29, 1.82) is 0 Å². The molecule has 0 amide bonds. The van der Waals surface area contributed by atoms with Crippen molar-refractivity contribution in [2.75, 3.05) is 213 Å². The molecule has 0 saturated carbocycles. The van der Waals surface area contributed by atoms with Gasteiger partial charge in [0.15, 0.2) is 0 Å². The van der Waals surface area contributed by atoms with Crippen molar-refractivity contribution in [3.8, 4) is 0 Å². The van der Waals surface area contributed by atoms with Gasteiger partial charge in [0.2, 0.25) is 0 Å². The Labute approximate surface area is 374 Å². The van der Waals surface area contributed by atoms with E-state index in [-0.39, 0.29) is 6.61 Å². The first-order valence-corrected chi connectivity index (χ1v) is 22.1. The number of rotatable bonds is 21. The van der Waals surface area contributed by atoms with E-state index in [4.69, 9.17) is 19.7 Å². The number of likely N-dealkylation sites (N-methyl/N-ethyl adjacent to an activating group) is 2. The van der Waals surface area contributed by atoms with Crippen molar-refractivity contribution >= 4 is 0 Å². The number of methoxy groups -OCH3 is 2. The molecule has 0 radical (unpaired) electrons. The zero-order valence-electron chi connectivity index (χ0n) is 45.6. The third-order valence-corrected chi connectivity index (χ3v) is 6.30. The zero-order valence-corrected chi connectivity index (χ0v) is 45.6. The van der Waals surface area contributed by atoms with Gasteiger partial charge < -0.3 is 70.4 Å². The lowest BCUT2D eigenvalue weighted by molar-refractivity contribution is 0.195. The second kappa shape index (κ2) is 84.8. The number of nitrogens with zero attached hydrogens (tertiary/aromatic N) is 6. The first-order valence-electron chi connectivity index (χ1n) is 22.1. The summed E-state index contributed by atoms with van der Waals surface area (Å²) in [5.74, 6) is 0.801. The van der Waals surface area contributed by atoms with Gasteiger partial charge in [-0.3, -0.25) is 0 Å². The van der Waals surface area contributed by atoms with Gasteiger partial charge in [0.25, 0.3) is 0 Å². The molecule has 14 heteroatoms. The van der Waals surface area contributed by atoms with Crippen LogP contribution in [0.5, 0.6) is 0 Å². The van der Waals surface area contributed by atoms with Gasteiger partial charge in [-0.15, -0.1) is 0 Å². The second-order valence-electron chi connectivity index (χ2n) is 16.0. The first-order chi connectivity index (χ1) is 27.5. The van der Waals surface area contributed by atoms with Crippen LogP contribution < -0.4 is 21.3 Å². The van der Waals surface area contributed by atoms with Crippen molar-refractivity contribution in [1.82, 2.24) is 50.7 Å². The van der Waals surface area contributed by atoms with Crippen LogP contribution in [0.3, 0.4) is 0 Å². The second-order valence-corrected chi connectivity index (χ2v) is 16.0. The number of hydrogen-bond acceptors (Lipinski definition) is 14. The molecule has 0 aliphatic heterocycles. The van der Waals surface area contributed by atoms with Crippen LogP contribution in [0.1, 0.15) is 80.6 Å².